The van der Waals surface area contributed by atoms with E-state index in [0.29, 0.717) is 24.3 Å². The molecule has 2 rings (SSSR count). The van der Waals surface area contributed by atoms with E-state index in [0.717, 1.165) is 17.7 Å². The second-order valence-electron chi connectivity index (χ2n) is 6.48. The first-order valence-electron chi connectivity index (χ1n) is 8.06. The molecule has 1 fully saturated rings. The summed E-state index contributed by atoms with van der Waals surface area (Å²) in [6.07, 6.45) is 2.41. The SMILES string of the molecule is CC(C)[C@H](CNc1c(C#N)c(=O)n(C)c(=O)n1C)N1CCCC1. The summed E-state index contributed by atoms with van der Waals surface area (Å²) in [6.45, 7) is 7.08. The standard InChI is InChI=1S/C16H25N5O2/c1-11(2)13(21-7-5-6-8-21)10-18-14-12(9-17)15(22)20(4)16(23)19(14)3/h11,13,18H,5-8,10H2,1-4H3/t13-/m0/s1. The lowest BCUT2D eigenvalue weighted by Crippen LogP contribution is -2.44. The van der Waals surface area contributed by atoms with Crippen molar-refractivity contribution < 1.29 is 0 Å². The van der Waals surface area contributed by atoms with Gasteiger partial charge in [-0.05, 0) is 31.8 Å². The number of anilines is 1. The number of aromatic nitrogens is 2. The molecule has 0 unspecified atom stereocenters. The number of nitriles is 1. The highest BCUT2D eigenvalue weighted by Gasteiger charge is 2.25. The maximum absolute atomic E-state index is 12.1. The van der Waals surface area contributed by atoms with Crippen molar-refractivity contribution in [1.29, 1.82) is 5.26 Å². The van der Waals surface area contributed by atoms with Crippen molar-refractivity contribution in [3.8, 4) is 6.07 Å². The molecular weight excluding hydrogens is 294 g/mol. The van der Waals surface area contributed by atoms with E-state index in [9.17, 15) is 14.9 Å². The monoisotopic (exact) mass is 319 g/mol. The fraction of sp³-hybridized carbons (Fsp3) is 0.688. The van der Waals surface area contributed by atoms with Crippen LogP contribution < -0.4 is 16.6 Å². The fourth-order valence-electron chi connectivity index (χ4n) is 3.21. The zero-order valence-electron chi connectivity index (χ0n) is 14.3. The molecule has 2 heterocycles. The van der Waals surface area contributed by atoms with Crippen LogP contribution in [0, 0.1) is 17.2 Å². The van der Waals surface area contributed by atoms with Crippen molar-refractivity contribution in [2.75, 3.05) is 25.0 Å². The maximum Gasteiger partial charge on any atom is 0.332 e. The van der Waals surface area contributed by atoms with Crippen molar-refractivity contribution in [2.24, 2.45) is 20.0 Å². The van der Waals surface area contributed by atoms with E-state index in [2.05, 4.69) is 24.1 Å². The van der Waals surface area contributed by atoms with Crippen LogP contribution in [0.1, 0.15) is 32.3 Å². The Balaban J connectivity index is 2.31. The van der Waals surface area contributed by atoms with Crippen LogP contribution in [0.25, 0.3) is 0 Å². The van der Waals surface area contributed by atoms with E-state index in [1.165, 1.54) is 24.5 Å². The highest BCUT2D eigenvalue weighted by Crippen LogP contribution is 2.18. The third-order valence-corrected chi connectivity index (χ3v) is 4.63. The molecule has 0 bridgehead atoms. The van der Waals surface area contributed by atoms with Crippen molar-refractivity contribution in [1.82, 2.24) is 14.0 Å². The van der Waals surface area contributed by atoms with Crippen LogP contribution in [0.3, 0.4) is 0 Å². The highest BCUT2D eigenvalue weighted by molar-refractivity contribution is 5.51. The Morgan fingerprint density at radius 1 is 1.17 bits per heavy atom. The Morgan fingerprint density at radius 3 is 2.30 bits per heavy atom. The first-order chi connectivity index (χ1) is 10.9. The summed E-state index contributed by atoms with van der Waals surface area (Å²) < 4.78 is 2.30. The average Bonchev–Trinajstić information content (AvgIpc) is 3.04. The molecular formula is C16H25N5O2. The molecule has 126 valence electrons. The minimum Gasteiger partial charge on any atom is -0.369 e. The molecule has 1 aromatic rings. The summed E-state index contributed by atoms with van der Waals surface area (Å²) in [5, 5.41) is 12.5. The summed E-state index contributed by atoms with van der Waals surface area (Å²) in [6, 6.07) is 2.23. The Hall–Kier alpha value is -2.07. The lowest BCUT2D eigenvalue weighted by molar-refractivity contribution is 0.201. The molecule has 1 aliphatic heterocycles. The molecule has 0 amide bonds. The zero-order valence-corrected chi connectivity index (χ0v) is 14.3. The van der Waals surface area contributed by atoms with Gasteiger partial charge in [-0.25, -0.2) is 4.79 Å². The van der Waals surface area contributed by atoms with Crippen LogP contribution in [-0.2, 0) is 14.1 Å². The van der Waals surface area contributed by atoms with Crippen LogP contribution in [0.2, 0.25) is 0 Å². The molecule has 23 heavy (non-hydrogen) atoms. The number of hydrogen-bond acceptors (Lipinski definition) is 5. The molecule has 1 aliphatic rings. The van der Waals surface area contributed by atoms with E-state index < -0.39 is 11.2 Å². The van der Waals surface area contributed by atoms with Gasteiger partial charge in [-0.2, -0.15) is 5.26 Å². The Labute approximate surface area is 136 Å². The first-order valence-corrected chi connectivity index (χ1v) is 8.06. The third-order valence-electron chi connectivity index (χ3n) is 4.63. The van der Waals surface area contributed by atoms with Gasteiger partial charge in [-0.15, -0.1) is 0 Å². The first kappa shape index (κ1) is 17.3. The Kier molecular flexibility index (Phi) is 5.26. The van der Waals surface area contributed by atoms with Gasteiger partial charge in [0.1, 0.15) is 11.9 Å². The van der Waals surface area contributed by atoms with Crippen molar-refractivity contribution in [2.45, 2.75) is 32.7 Å². The summed E-state index contributed by atoms with van der Waals surface area (Å²) in [7, 11) is 2.96. The smallest absolute Gasteiger partial charge is 0.332 e. The van der Waals surface area contributed by atoms with Gasteiger partial charge >= 0.3 is 5.69 Å². The number of nitrogens with one attached hydrogen (secondary N) is 1. The van der Waals surface area contributed by atoms with Crippen LogP contribution >= 0.6 is 0 Å². The fourth-order valence-corrected chi connectivity index (χ4v) is 3.21. The van der Waals surface area contributed by atoms with E-state index >= 15 is 0 Å². The van der Waals surface area contributed by atoms with Crippen molar-refractivity contribution in [3.63, 3.8) is 0 Å². The highest BCUT2D eigenvalue weighted by atomic mass is 16.2. The molecule has 1 saturated heterocycles. The van der Waals surface area contributed by atoms with Gasteiger partial charge in [0, 0.05) is 26.7 Å². The van der Waals surface area contributed by atoms with Gasteiger partial charge in [-0.3, -0.25) is 18.8 Å². The molecule has 1 aromatic heterocycles. The second-order valence-corrected chi connectivity index (χ2v) is 6.48. The summed E-state index contributed by atoms with van der Waals surface area (Å²) in [4.78, 5) is 26.6. The molecule has 7 heteroatoms. The second kappa shape index (κ2) is 7.01. The summed E-state index contributed by atoms with van der Waals surface area (Å²) in [5.41, 5.74) is -1.00. The van der Waals surface area contributed by atoms with E-state index in [4.69, 9.17) is 0 Å². The lowest BCUT2D eigenvalue weighted by atomic mass is 10.0. The third kappa shape index (κ3) is 3.32. The number of hydrogen-bond donors (Lipinski definition) is 1. The van der Waals surface area contributed by atoms with Crippen LogP contribution in [0.15, 0.2) is 9.59 Å². The predicted molar refractivity (Wildman–Crippen MR) is 89.6 cm³/mol. The van der Waals surface area contributed by atoms with Crippen LogP contribution in [0.4, 0.5) is 5.82 Å². The molecule has 1 atom stereocenters. The maximum atomic E-state index is 12.1. The zero-order chi connectivity index (χ0) is 17.1. The number of likely N-dealkylation sites (tertiary alicyclic amines) is 1. The van der Waals surface area contributed by atoms with Gasteiger partial charge in [0.15, 0.2) is 5.56 Å². The largest absolute Gasteiger partial charge is 0.369 e. The van der Waals surface area contributed by atoms with E-state index in [-0.39, 0.29) is 5.56 Å². The van der Waals surface area contributed by atoms with Crippen molar-refractivity contribution in [3.05, 3.63) is 26.4 Å². The molecule has 0 saturated carbocycles. The summed E-state index contributed by atoms with van der Waals surface area (Å²) in [5.74, 6) is 0.750. The molecule has 0 radical (unpaired) electrons. The minimum absolute atomic E-state index is 0.0153. The lowest BCUT2D eigenvalue weighted by Gasteiger charge is -2.31. The van der Waals surface area contributed by atoms with E-state index in [1.807, 2.05) is 6.07 Å². The van der Waals surface area contributed by atoms with E-state index in [1.54, 1.807) is 7.05 Å². The van der Waals surface area contributed by atoms with Gasteiger partial charge in [0.05, 0.1) is 0 Å². The topological polar surface area (TPSA) is 83.1 Å². The molecule has 0 aromatic carbocycles. The minimum atomic E-state index is -0.555. The van der Waals surface area contributed by atoms with Gasteiger partial charge < -0.3 is 5.32 Å². The molecule has 0 spiro atoms. The van der Waals surface area contributed by atoms with Crippen LogP contribution in [-0.4, -0.2) is 39.7 Å². The normalized spacial score (nSPS) is 16.5. The number of rotatable bonds is 5. The Bertz CT molecular complexity index is 720. The van der Waals surface area contributed by atoms with Gasteiger partial charge in [-0.1, -0.05) is 13.8 Å². The quantitative estimate of drug-likeness (QED) is 0.854. The van der Waals surface area contributed by atoms with Gasteiger partial charge in [0.25, 0.3) is 5.56 Å². The van der Waals surface area contributed by atoms with Crippen LogP contribution in [0.5, 0.6) is 0 Å². The Morgan fingerprint density at radius 2 is 1.78 bits per heavy atom. The predicted octanol–water partition coefficient (Wildman–Crippen LogP) is 0.488. The average molecular weight is 319 g/mol. The molecule has 7 nitrogen and oxygen atoms in total. The van der Waals surface area contributed by atoms with Crippen molar-refractivity contribution >= 4 is 5.82 Å². The summed E-state index contributed by atoms with van der Waals surface area (Å²) >= 11 is 0. The molecule has 1 N–H and O–H groups in total. The van der Waals surface area contributed by atoms with Gasteiger partial charge in [0.2, 0.25) is 0 Å². The number of nitrogens with zero attached hydrogens (tertiary/aromatic N) is 4. The molecule has 0 aliphatic carbocycles.